The molecule has 0 amide bonds. The van der Waals surface area contributed by atoms with Crippen LogP contribution in [0.3, 0.4) is 0 Å². The molecule has 0 aromatic rings. The molecule has 1 heterocycles. The lowest BCUT2D eigenvalue weighted by atomic mass is 9.76. The standard InChI is InChI=1S/C12H25N/c1-11(2,3)9-7-10(13-8-9)12(4,5)6/h9-10,13H,7-8H2,1-6H3/t9-,10+/m0/s1. The van der Waals surface area contributed by atoms with Gasteiger partial charge < -0.3 is 5.32 Å². The van der Waals surface area contributed by atoms with Crippen molar-refractivity contribution in [3.05, 3.63) is 0 Å². The highest BCUT2D eigenvalue weighted by Gasteiger charge is 2.37. The van der Waals surface area contributed by atoms with Gasteiger partial charge in [0.2, 0.25) is 0 Å². The molecule has 1 saturated heterocycles. The second-order valence-corrected chi connectivity index (χ2v) is 6.63. The Morgan fingerprint density at radius 3 is 1.69 bits per heavy atom. The Labute approximate surface area is 83.3 Å². The second kappa shape index (κ2) is 3.27. The van der Waals surface area contributed by atoms with Crippen LogP contribution in [0.25, 0.3) is 0 Å². The minimum Gasteiger partial charge on any atom is -0.313 e. The summed E-state index contributed by atoms with van der Waals surface area (Å²) < 4.78 is 0. The fourth-order valence-electron chi connectivity index (χ4n) is 2.06. The van der Waals surface area contributed by atoms with Crippen LogP contribution < -0.4 is 5.32 Å². The molecule has 1 heteroatoms. The van der Waals surface area contributed by atoms with Crippen LogP contribution in [0.4, 0.5) is 0 Å². The molecule has 0 unspecified atom stereocenters. The van der Waals surface area contributed by atoms with Gasteiger partial charge in [0.05, 0.1) is 0 Å². The van der Waals surface area contributed by atoms with Crippen molar-refractivity contribution in [2.75, 3.05) is 6.54 Å². The normalized spacial score (nSPS) is 30.9. The molecule has 1 fully saturated rings. The first-order valence-electron chi connectivity index (χ1n) is 5.44. The smallest absolute Gasteiger partial charge is 0.0119 e. The molecule has 1 aliphatic heterocycles. The predicted molar refractivity (Wildman–Crippen MR) is 58.8 cm³/mol. The average molecular weight is 183 g/mol. The van der Waals surface area contributed by atoms with Gasteiger partial charge in [0.15, 0.2) is 0 Å². The lowest BCUT2D eigenvalue weighted by molar-refractivity contribution is 0.234. The van der Waals surface area contributed by atoms with E-state index >= 15 is 0 Å². The molecule has 0 saturated carbocycles. The van der Waals surface area contributed by atoms with Gasteiger partial charge in [0.25, 0.3) is 0 Å². The summed E-state index contributed by atoms with van der Waals surface area (Å²) in [6, 6.07) is 0.705. The fourth-order valence-corrected chi connectivity index (χ4v) is 2.06. The Kier molecular flexibility index (Phi) is 2.78. The van der Waals surface area contributed by atoms with E-state index in [1.165, 1.54) is 13.0 Å². The van der Waals surface area contributed by atoms with Crippen molar-refractivity contribution in [1.82, 2.24) is 5.32 Å². The summed E-state index contributed by atoms with van der Waals surface area (Å²) in [4.78, 5) is 0. The van der Waals surface area contributed by atoms with Gasteiger partial charge in [-0.2, -0.15) is 0 Å². The summed E-state index contributed by atoms with van der Waals surface area (Å²) >= 11 is 0. The van der Waals surface area contributed by atoms with Crippen molar-refractivity contribution in [3.8, 4) is 0 Å². The number of hydrogen-bond donors (Lipinski definition) is 1. The molecule has 0 bridgehead atoms. The number of rotatable bonds is 0. The zero-order valence-electron chi connectivity index (χ0n) is 10.1. The van der Waals surface area contributed by atoms with E-state index in [2.05, 4.69) is 46.9 Å². The van der Waals surface area contributed by atoms with Gasteiger partial charge in [-0.05, 0) is 29.7 Å². The first kappa shape index (κ1) is 11.0. The topological polar surface area (TPSA) is 12.0 Å². The molecule has 13 heavy (non-hydrogen) atoms. The van der Waals surface area contributed by atoms with Crippen LogP contribution >= 0.6 is 0 Å². The van der Waals surface area contributed by atoms with Gasteiger partial charge in [-0.25, -0.2) is 0 Å². The fraction of sp³-hybridized carbons (Fsp3) is 1.00. The summed E-state index contributed by atoms with van der Waals surface area (Å²) in [7, 11) is 0. The molecule has 0 aliphatic carbocycles. The van der Waals surface area contributed by atoms with E-state index in [1.54, 1.807) is 0 Å². The number of nitrogens with one attached hydrogen (secondary N) is 1. The maximum absolute atomic E-state index is 3.65. The zero-order valence-corrected chi connectivity index (χ0v) is 10.1. The summed E-state index contributed by atoms with van der Waals surface area (Å²) in [5.74, 6) is 0.844. The highest BCUT2D eigenvalue weighted by molar-refractivity contribution is 4.93. The van der Waals surface area contributed by atoms with Crippen LogP contribution in [-0.4, -0.2) is 12.6 Å². The van der Waals surface area contributed by atoms with Crippen molar-refractivity contribution in [2.45, 2.75) is 54.0 Å². The Hall–Kier alpha value is -0.0400. The van der Waals surface area contributed by atoms with Crippen molar-refractivity contribution in [1.29, 1.82) is 0 Å². The molecule has 78 valence electrons. The lowest BCUT2D eigenvalue weighted by Crippen LogP contribution is -2.34. The van der Waals surface area contributed by atoms with E-state index in [9.17, 15) is 0 Å². The number of hydrogen-bond acceptors (Lipinski definition) is 1. The first-order valence-corrected chi connectivity index (χ1v) is 5.44. The van der Waals surface area contributed by atoms with Crippen molar-refractivity contribution in [3.63, 3.8) is 0 Å². The molecule has 1 aliphatic rings. The summed E-state index contributed by atoms with van der Waals surface area (Å²) in [5, 5.41) is 3.65. The Bertz CT molecular complexity index is 151. The SMILES string of the molecule is CC(C)(C)[C@@H]1CN[C@@H](C(C)(C)C)C1. The third-order valence-corrected chi connectivity index (χ3v) is 3.40. The molecular weight excluding hydrogens is 158 g/mol. The van der Waals surface area contributed by atoms with Gasteiger partial charge in [-0.3, -0.25) is 0 Å². The monoisotopic (exact) mass is 183 g/mol. The predicted octanol–water partition coefficient (Wildman–Crippen LogP) is 3.06. The molecule has 0 aromatic carbocycles. The van der Waals surface area contributed by atoms with Gasteiger partial charge >= 0.3 is 0 Å². The van der Waals surface area contributed by atoms with Gasteiger partial charge in [-0.1, -0.05) is 41.5 Å². The van der Waals surface area contributed by atoms with Crippen LogP contribution in [0, 0.1) is 16.7 Å². The molecule has 1 nitrogen and oxygen atoms in total. The summed E-state index contributed by atoms with van der Waals surface area (Å²) in [6.45, 7) is 15.2. The molecule has 2 atom stereocenters. The Morgan fingerprint density at radius 1 is 0.923 bits per heavy atom. The largest absolute Gasteiger partial charge is 0.313 e. The lowest BCUT2D eigenvalue weighted by Gasteiger charge is -2.29. The van der Waals surface area contributed by atoms with Gasteiger partial charge in [-0.15, -0.1) is 0 Å². The molecule has 1 rings (SSSR count). The van der Waals surface area contributed by atoms with Gasteiger partial charge in [0.1, 0.15) is 0 Å². The van der Waals surface area contributed by atoms with Crippen LogP contribution in [0.1, 0.15) is 48.0 Å². The van der Waals surface area contributed by atoms with Crippen LogP contribution in [0.15, 0.2) is 0 Å². The quantitative estimate of drug-likeness (QED) is 0.608. The van der Waals surface area contributed by atoms with Crippen molar-refractivity contribution in [2.24, 2.45) is 16.7 Å². The third-order valence-electron chi connectivity index (χ3n) is 3.40. The summed E-state index contributed by atoms with van der Waals surface area (Å²) in [6.07, 6.45) is 1.34. The molecule has 0 aromatic heterocycles. The van der Waals surface area contributed by atoms with Crippen LogP contribution in [0.5, 0.6) is 0 Å². The molecule has 0 radical (unpaired) electrons. The minimum absolute atomic E-state index is 0.417. The molecule has 1 N–H and O–H groups in total. The maximum atomic E-state index is 3.65. The molecule has 0 spiro atoms. The third kappa shape index (κ3) is 2.70. The van der Waals surface area contributed by atoms with E-state index < -0.39 is 0 Å². The Balaban J connectivity index is 2.55. The Morgan fingerprint density at radius 2 is 1.46 bits per heavy atom. The van der Waals surface area contributed by atoms with Gasteiger partial charge in [0, 0.05) is 6.04 Å². The first-order chi connectivity index (χ1) is 5.71. The van der Waals surface area contributed by atoms with Crippen molar-refractivity contribution < 1.29 is 0 Å². The van der Waals surface area contributed by atoms with Crippen LogP contribution in [0.2, 0.25) is 0 Å². The van der Waals surface area contributed by atoms with E-state index in [0.29, 0.717) is 16.9 Å². The highest BCUT2D eigenvalue weighted by atomic mass is 15.0. The zero-order chi connectivity index (χ0) is 10.3. The maximum Gasteiger partial charge on any atom is 0.0119 e. The van der Waals surface area contributed by atoms with E-state index in [-0.39, 0.29) is 0 Å². The average Bonchev–Trinajstić information content (AvgIpc) is 2.28. The highest BCUT2D eigenvalue weighted by Crippen LogP contribution is 2.37. The second-order valence-electron chi connectivity index (χ2n) is 6.63. The van der Waals surface area contributed by atoms with E-state index in [0.717, 1.165) is 5.92 Å². The summed E-state index contributed by atoms with van der Waals surface area (Å²) in [5.41, 5.74) is 0.882. The van der Waals surface area contributed by atoms with Crippen molar-refractivity contribution >= 4 is 0 Å². The van der Waals surface area contributed by atoms with Crippen LogP contribution in [-0.2, 0) is 0 Å². The van der Waals surface area contributed by atoms with E-state index in [1.807, 2.05) is 0 Å². The minimum atomic E-state index is 0.417. The van der Waals surface area contributed by atoms with E-state index in [4.69, 9.17) is 0 Å². The molecular formula is C12H25N.